The molecule has 0 saturated heterocycles. The topological polar surface area (TPSA) is 84.7 Å². The van der Waals surface area contributed by atoms with E-state index in [9.17, 15) is 4.79 Å². The molecule has 21 heavy (non-hydrogen) atoms. The van der Waals surface area contributed by atoms with Crippen molar-refractivity contribution in [2.45, 2.75) is 33.4 Å². The third kappa shape index (κ3) is 4.64. The van der Waals surface area contributed by atoms with Crippen LogP contribution < -0.4 is 10.6 Å². The molecule has 2 N–H and O–H groups in total. The molecule has 0 aliphatic rings. The molecule has 0 radical (unpaired) electrons. The molecule has 0 aromatic carbocycles. The zero-order valence-electron chi connectivity index (χ0n) is 12.5. The number of amides is 1. The lowest BCUT2D eigenvalue weighted by molar-refractivity contribution is -0.115. The Bertz CT molecular complexity index is 595. The highest BCUT2D eigenvalue weighted by Crippen LogP contribution is 2.03. The van der Waals surface area contributed by atoms with E-state index in [4.69, 9.17) is 0 Å². The average Bonchev–Trinajstić information content (AvgIpc) is 2.76. The van der Waals surface area contributed by atoms with E-state index < -0.39 is 0 Å². The standard InChI is InChI=1S/C14H20N6O/c1-10-6-12(3)20(19-10)9-11(2)17-8-14(21)18-13-7-15-4-5-16-13/h4-7,11,17H,8-9H2,1-3H3,(H,16,18,21)/t11-/m0/s1. The summed E-state index contributed by atoms with van der Waals surface area (Å²) in [5, 5.41) is 10.2. The molecule has 2 aromatic heterocycles. The number of nitrogens with one attached hydrogen (secondary N) is 2. The number of hydrogen-bond acceptors (Lipinski definition) is 5. The van der Waals surface area contributed by atoms with Crippen molar-refractivity contribution >= 4 is 11.7 Å². The molecule has 0 spiro atoms. The zero-order chi connectivity index (χ0) is 15.2. The predicted molar refractivity (Wildman–Crippen MR) is 79.8 cm³/mol. The number of aromatic nitrogens is 4. The lowest BCUT2D eigenvalue weighted by atomic mass is 10.3. The fourth-order valence-electron chi connectivity index (χ4n) is 2.00. The Labute approximate surface area is 123 Å². The van der Waals surface area contributed by atoms with Crippen LogP contribution in [0.25, 0.3) is 0 Å². The number of aryl methyl sites for hydroxylation is 2. The van der Waals surface area contributed by atoms with E-state index in [1.54, 1.807) is 6.20 Å². The minimum Gasteiger partial charge on any atom is -0.308 e. The second kappa shape index (κ2) is 6.94. The highest BCUT2D eigenvalue weighted by atomic mass is 16.2. The SMILES string of the molecule is Cc1cc(C)n(C[C@H](C)NCC(=O)Nc2cnccn2)n1. The average molecular weight is 288 g/mol. The molecule has 2 heterocycles. The van der Waals surface area contributed by atoms with Crippen molar-refractivity contribution in [1.82, 2.24) is 25.1 Å². The van der Waals surface area contributed by atoms with E-state index >= 15 is 0 Å². The van der Waals surface area contributed by atoms with Crippen LogP contribution in [0.3, 0.4) is 0 Å². The maximum absolute atomic E-state index is 11.8. The third-order valence-corrected chi connectivity index (χ3v) is 2.99. The second-order valence-corrected chi connectivity index (χ2v) is 5.03. The van der Waals surface area contributed by atoms with Crippen molar-refractivity contribution in [3.8, 4) is 0 Å². The quantitative estimate of drug-likeness (QED) is 0.825. The van der Waals surface area contributed by atoms with Crippen LogP contribution in [0.1, 0.15) is 18.3 Å². The van der Waals surface area contributed by atoms with Gasteiger partial charge in [0.2, 0.25) is 5.91 Å². The van der Waals surface area contributed by atoms with Gasteiger partial charge in [-0.05, 0) is 26.8 Å². The zero-order valence-corrected chi connectivity index (χ0v) is 12.5. The molecule has 0 fully saturated rings. The van der Waals surface area contributed by atoms with E-state index in [1.807, 2.05) is 31.5 Å². The van der Waals surface area contributed by atoms with E-state index in [1.165, 1.54) is 12.4 Å². The van der Waals surface area contributed by atoms with Crippen molar-refractivity contribution in [2.75, 3.05) is 11.9 Å². The van der Waals surface area contributed by atoms with Gasteiger partial charge in [0.1, 0.15) is 0 Å². The van der Waals surface area contributed by atoms with E-state index in [-0.39, 0.29) is 18.5 Å². The maximum Gasteiger partial charge on any atom is 0.239 e. The summed E-state index contributed by atoms with van der Waals surface area (Å²) < 4.78 is 1.94. The van der Waals surface area contributed by atoms with Crippen molar-refractivity contribution in [3.63, 3.8) is 0 Å². The van der Waals surface area contributed by atoms with Gasteiger partial charge >= 0.3 is 0 Å². The van der Waals surface area contributed by atoms with Crippen LogP contribution in [0.2, 0.25) is 0 Å². The van der Waals surface area contributed by atoms with Gasteiger partial charge in [-0.15, -0.1) is 0 Å². The first-order valence-electron chi connectivity index (χ1n) is 6.85. The molecule has 2 rings (SSSR count). The van der Waals surface area contributed by atoms with Crippen molar-refractivity contribution in [3.05, 3.63) is 36.0 Å². The highest BCUT2D eigenvalue weighted by molar-refractivity contribution is 5.91. The summed E-state index contributed by atoms with van der Waals surface area (Å²) in [6.45, 7) is 6.95. The summed E-state index contributed by atoms with van der Waals surface area (Å²) in [4.78, 5) is 19.7. The van der Waals surface area contributed by atoms with Crippen LogP contribution in [0.5, 0.6) is 0 Å². The second-order valence-electron chi connectivity index (χ2n) is 5.03. The summed E-state index contributed by atoms with van der Waals surface area (Å²) in [7, 11) is 0. The Morgan fingerprint density at radius 2 is 2.19 bits per heavy atom. The Morgan fingerprint density at radius 1 is 1.38 bits per heavy atom. The maximum atomic E-state index is 11.8. The molecule has 1 atom stereocenters. The molecule has 0 saturated carbocycles. The van der Waals surface area contributed by atoms with Crippen molar-refractivity contribution < 1.29 is 4.79 Å². The van der Waals surface area contributed by atoms with E-state index in [0.717, 1.165) is 17.9 Å². The van der Waals surface area contributed by atoms with Crippen LogP contribution in [0.15, 0.2) is 24.7 Å². The Balaban J connectivity index is 1.77. The monoisotopic (exact) mass is 288 g/mol. The van der Waals surface area contributed by atoms with E-state index in [2.05, 4.69) is 25.7 Å². The van der Waals surface area contributed by atoms with Crippen molar-refractivity contribution in [2.24, 2.45) is 0 Å². The molecule has 0 aliphatic carbocycles. The van der Waals surface area contributed by atoms with Gasteiger partial charge in [-0.3, -0.25) is 14.5 Å². The van der Waals surface area contributed by atoms with Gasteiger partial charge < -0.3 is 10.6 Å². The number of anilines is 1. The molecule has 0 unspecified atom stereocenters. The summed E-state index contributed by atoms with van der Waals surface area (Å²) in [6.07, 6.45) is 4.61. The van der Waals surface area contributed by atoms with Gasteiger partial charge in [0.15, 0.2) is 5.82 Å². The smallest absolute Gasteiger partial charge is 0.239 e. The highest BCUT2D eigenvalue weighted by Gasteiger charge is 2.09. The summed E-state index contributed by atoms with van der Waals surface area (Å²) in [6, 6.07) is 2.17. The molecule has 7 heteroatoms. The first-order valence-corrected chi connectivity index (χ1v) is 6.85. The number of nitrogens with zero attached hydrogens (tertiary/aromatic N) is 4. The molecule has 0 bridgehead atoms. The van der Waals surface area contributed by atoms with Gasteiger partial charge in [-0.1, -0.05) is 0 Å². The first kappa shape index (κ1) is 15.1. The Kier molecular flexibility index (Phi) is 4.99. The minimum absolute atomic E-state index is 0.135. The van der Waals surface area contributed by atoms with Crippen LogP contribution in [0, 0.1) is 13.8 Å². The van der Waals surface area contributed by atoms with Gasteiger partial charge in [0, 0.05) is 24.1 Å². The normalized spacial score (nSPS) is 12.1. The minimum atomic E-state index is -0.143. The Hall–Kier alpha value is -2.28. The van der Waals surface area contributed by atoms with Crippen molar-refractivity contribution in [1.29, 1.82) is 0 Å². The summed E-state index contributed by atoms with van der Waals surface area (Å²) in [5.74, 6) is 0.311. The fraction of sp³-hybridized carbons (Fsp3) is 0.429. The first-order chi connectivity index (χ1) is 10.0. The van der Waals surface area contributed by atoms with Gasteiger partial charge in [-0.25, -0.2) is 4.98 Å². The van der Waals surface area contributed by atoms with Crippen LogP contribution in [0.4, 0.5) is 5.82 Å². The molecule has 0 aliphatic heterocycles. The Morgan fingerprint density at radius 3 is 2.81 bits per heavy atom. The molecule has 7 nitrogen and oxygen atoms in total. The van der Waals surface area contributed by atoms with Crippen LogP contribution >= 0.6 is 0 Å². The molecule has 2 aromatic rings. The summed E-state index contributed by atoms with van der Waals surface area (Å²) >= 11 is 0. The summed E-state index contributed by atoms with van der Waals surface area (Å²) in [5.41, 5.74) is 2.12. The lowest BCUT2D eigenvalue weighted by Gasteiger charge is -2.14. The third-order valence-electron chi connectivity index (χ3n) is 2.99. The van der Waals surface area contributed by atoms with Gasteiger partial charge in [0.25, 0.3) is 0 Å². The number of carbonyl (C=O) groups is 1. The molecular weight excluding hydrogens is 268 g/mol. The largest absolute Gasteiger partial charge is 0.308 e. The number of carbonyl (C=O) groups excluding carboxylic acids is 1. The molecule has 1 amide bonds. The molecule has 112 valence electrons. The number of hydrogen-bond donors (Lipinski definition) is 2. The number of rotatable bonds is 6. The lowest BCUT2D eigenvalue weighted by Crippen LogP contribution is -2.37. The van der Waals surface area contributed by atoms with E-state index in [0.29, 0.717) is 5.82 Å². The van der Waals surface area contributed by atoms with Crippen LogP contribution in [-0.2, 0) is 11.3 Å². The fourth-order valence-corrected chi connectivity index (χ4v) is 2.00. The van der Waals surface area contributed by atoms with Gasteiger partial charge in [-0.2, -0.15) is 5.10 Å². The molecular formula is C14H20N6O. The van der Waals surface area contributed by atoms with Crippen LogP contribution in [-0.4, -0.2) is 38.2 Å². The van der Waals surface area contributed by atoms with Gasteiger partial charge in [0.05, 0.1) is 25.0 Å². The predicted octanol–water partition coefficient (Wildman–Crippen LogP) is 0.907.